The van der Waals surface area contributed by atoms with Crippen molar-refractivity contribution in [1.29, 1.82) is 0 Å². The molecule has 0 heterocycles. The number of esters is 1. The Balaban J connectivity index is 1.97. The lowest BCUT2D eigenvalue weighted by Crippen LogP contribution is -2.09. The summed E-state index contributed by atoms with van der Waals surface area (Å²) in [5.41, 5.74) is 1.62. The molecule has 0 saturated carbocycles. The number of rotatable bonds is 7. The van der Waals surface area contributed by atoms with E-state index in [2.05, 4.69) is 15.9 Å². The maximum atomic E-state index is 12.1. The molecule has 6 heteroatoms. The summed E-state index contributed by atoms with van der Waals surface area (Å²) in [6, 6.07) is 10.8. The molecule has 0 atom stereocenters. The normalized spacial score (nSPS) is 10.2. The van der Waals surface area contributed by atoms with Gasteiger partial charge >= 0.3 is 5.97 Å². The minimum absolute atomic E-state index is 0.129. The highest BCUT2D eigenvalue weighted by Gasteiger charge is 2.12. The van der Waals surface area contributed by atoms with Gasteiger partial charge in [-0.2, -0.15) is 0 Å². The third kappa shape index (κ3) is 4.64. The Labute approximate surface area is 149 Å². The quantitative estimate of drug-likeness (QED) is 0.669. The van der Waals surface area contributed by atoms with Gasteiger partial charge in [0.2, 0.25) is 0 Å². The highest BCUT2D eigenvalue weighted by Crippen LogP contribution is 2.27. The van der Waals surface area contributed by atoms with Crippen molar-refractivity contribution in [3.63, 3.8) is 0 Å². The molecule has 24 heavy (non-hydrogen) atoms. The lowest BCUT2D eigenvalue weighted by atomic mass is 10.1. The van der Waals surface area contributed by atoms with Gasteiger partial charge in [-0.1, -0.05) is 12.1 Å². The minimum Gasteiger partial charge on any atom is -0.497 e. The highest BCUT2D eigenvalue weighted by atomic mass is 79.9. The molecule has 0 bridgehead atoms. The van der Waals surface area contributed by atoms with Gasteiger partial charge < -0.3 is 18.9 Å². The molecule has 0 aliphatic heterocycles. The van der Waals surface area contributed by atoms with Crippen LogP contribution in [0.3, 0.4) is 0 Å². The molecule has 2 rings (SSSR count). The molecular weight excluding hydrogens is 376 g/mol. The number of halogens is 1. The van der Waals surface area contributed by atoms with Gasteiger partial charge in [-0.15, -0.1) is 0 Å². The van der Waals surface area contributed by atoms with Crippen molar-refractivity contribution >= 4 is 21.9 Å². The van der Waals surface area contributed by atoms with Crippen LogP contribution in [0.4, 0.5) is 0 Å². The maximum Gasteiger partial charge on any atom is 0.310 e. The standard InChI is InChI=1S/C18H19BrO5/c1-21-14-6-5-13(17(10-14)23-3)9-18(20)24-11-12-4-7-16(22-2)15(19)8-12/h4-8,10H,9,11H2,1-3H3. The van der Waals surface area contributed by atoms with E-state index in [-0.39, 0.29) is 19.0 Å². The van der Waals surface area contributed by atoms with Crippen LogP contribution in [0.5, 0.6) is 17.2 Å². The Morgan fingerprint density at radius 1 is 0.958 bits per heavy atom. The summed E-state index contributed by atoms with van der Waals surface area (Å²) >= 11 is 3.41. The van der Waals surface area contributed by atoms with Crippen LogP contribution in [0.1, 0.15) is 11.1 Å². The first-order valence-electron chi connectivity index (χ1n) is 7.26. The Hall–Kier alpha value is -2.21. The van der Waals surface area contributed by atoms with Crippen molar-refractivity contribution in [3.05, 3.63) is 52.0 Å². The summed E-state index contributed by atoms with van der Waals surface area (Å²) in [6.07, 6.45) is 0.129. The van der Waals surface area contributed by atoms with Crippen LogP contribution in [0.15, 0.2) is 40.9 Å². The van der Waals surface area contributed by atoms with E-state index < -0.39 is 0 Å². The van der Waals surface area contributed by atoms with Gasteiger partial charge in [-0.25, -0.2) is 0 Å². The summed E-state index contributed by atoms with van der Waals surface area (Å²) in [6.45, 7) is 0.194. The number of methoxy groups -OCH3 is 3. The topological polar surface area (TPSA) is 54.0 Å². The van der Waals surface area contributed by atoms with Gasteiger partial charge in [0.15, 0.2) is 0 Å². The zero-order valence-electron chi connectivity index (χ0n) is 13.8. The lowest BCUT2D eigenvalue weighted by molar-refractivity contribution is -0.144. The van der Waals surface area contributed by atoms with Gasteiger partial charge in [-0.05, 0) is 39.7 Å². The SMILES string of the molecule is COc1ccc(CC(=O)OCc2ccc(OC)c(Br)c2)c(OC)c1. The Kier molecular flexibility index (Phi) is 6.49. The molecule has 0 saturated heterocycles. The molecule has 5 nitrogen and oxygen atoms in total. The molecule has 0 amide bonds. The van der Waals surface area contributed by atoms with Gasteiger partial charge in [0, 0.05) is 11.6 Å². The Morgan fingerprint density at radius 2 is 1.71 bits per heavy atom. The Bertz CT molecular complexity index is 715. The predicted octanol–water partition coefficient (Wildman–Crippen LogP) is 3.76. The number of hydrogen-bond donors (Lipinski definition) is 0. The number of carbonyl (C=O) groups excluding carboxylic acids is 1. The fourth-order valence-corrected chi connectivity index (χ4v) is 2.76. The first kappa shape index (κ1) is 18.1. The highest BCUT2D eigenvalue weighted by molar-refractivity contribution is 9.10. The summed E-state index contributed by atoms with van der Waals surface area (Å²) in [5, 5.41) is 0. The second-order valence-electron chi connectivity index (χ2n) is 4.98. The van der Waals surface area contributed by atoms with E-state index in [4.69, 9.17) is 18.9 Å². The monoisotopic (exact) mass is 394 g/mol. The average molecular weight is 395 g/mol. The molecule has 0 N–H and O–H groups in total. The summed E-state index contributed by atoms with van der Waals surface area (Å²) in [4.78, 5) is 12.1. The van der Waals surface area contributed by atoms with Gasteiger partial charge in [0.1, 0.15) is 23.9 Å². The van der Waals surface area contributed by atoms with Gasteiger partial charge in [0.05, 0.1) is 32.2 Å². The molecule has 0 unspecified atom stereocenters. The van der Waals surface area contributed by atoms with E-state index >= 15 is 0 Å². The maximum absolute atomic E-state index is 12.1. The first-order valence-corrected chi connectivity index (χ1v) is 8.05. The van der Waals surface area contributed by atoms with E-state index in [1.54, 1.807) is 39.5 Å². The second-order valence-corrected chi connectivity index (χ2v) is 5.84. The predicted molar refractivity (Wildman–Crippen MR) is 93.7 cm³/mol. The summed E-state index contributed by atoms with van der Waals surface area (Å²) in [7, 11) is 4.73. The fraction of sp³-hybridized carbons (Fsp3) is 0.278. The van der Waals surface area contributed by atoms with Crippen LogP contribution in [0.25, 0.3) is 0 Å². The van der Waals surface area contributed by atoms with Crippen molar-refractivity contribution in [2.75, 3.05) is 21.3 Å². The largest absolute Gasteiger partial charge is 0.497 e. The van der Waals surface area contributed by atoms with Crippen LogP contribution in [-0.4, -0.2) is 27.3 Å². The van der Waals surface area contributed by atoms with E-state index in [0.717, 1.165) is 21.3 Å². The molecule has 2 aromatic carbocycles. The van der Waals surface area contributed by atoms with E-state index in [9.17, 15) is 4.79 Å². The summed E-state index contributed by atoms with van der Waals surface area (Å²) in [5.74, 6) is 1.67. The number of ether oxygens (including phenoxy) is 4. The fourth-order valence-electron chi connectivity index (χ4n) is 2.17. The molecule has 2 aromatic rings. The van der Waals surface area contributed by atoms with Crippen molar-refractivity contribution < 1.29 is 23.7 Å². The average Bonchev–Trinajstić information content (AvgIpc) is 2.60. The number of hydrogen-bond acceptors (Lipinski definition) is 5. The van der Waals surface area contributed by atoms with E-state index in [1.165, 1.54) is 0 Å². The van der Waals surface area contributed by atoms with E-state index in [0.29, 0.717) is 11.5 Å². The van der Waals surface area contributed by atoms with Crippen LogP contribution < -0.4 is 14.2 Å². The number of carbonyl (C=O) groups is 1. The molecule has 128 valence electrons. The van der Waals surface area contributed by atoms with Crippen molar-refractivity contribution in [1.82, 2.24) is 0 Å². The molecule has 0 aliphatic rings. The zero-order valence-corrected chi connectivity index (χ0v) is 15.4. The van der Waals surface area contributed by atoms with Crippen molar-refractivity contribution in [2.24, 2.45) is 0 Å². The Morgan fingerprint density at radius 3 is 2.33 bits per heavy atom. The van der Waals surface area contributed by atoms with E-state index in [1.807, 2.05) is 18.2 Å². The molecule has 0 aliphatic carbocycles. The van der Waals surface area contributed by atoms with Crippen LogP contribution >= 0.6 is 15.9 Å². The molecule has 0 spiro atoms. The third-order valence-corrected chi connectivity index (χ3v) is 4.06. The van der Waals surface area contributed by atoms with Crippen molar-refractivity contribution in [3.8, 4) is 17.2 Å². The van der Waals surface area contributed by atoms with Crippen LogP contribution in [-0.2, 0) is 22.6 Å². The molecular formula is C18H19BrO5. The second kappa shape index (κ2) is 8.59. The van der Waals surface area contributed by atoms with Crippen LogP contribution in [0.2, 0.25) is 0 Å². The molecule has 0 aromatic heterocycles. The smallest absolute Gasteiger partial charge is 0.310 e. The van der Waals surface area contributed by atoms with Gasteiger partial charge in [-0.3, -0.25) is 4.79 Å². The minimum atomic E-state index is -0.328. The lowest BCUT2D eigenvalue weighted by Gasteiger charge is -2.11. The van der Waals surface area contributed by atoms with Gasteiger partial charge in [0.25, 0.3) is 0 Å². The molecule has 0 fully saturated rings. The third-order valence-electron chi connectivity index (χ3n) is 3.45. The first-order chi connectivity index (χ1) is 11.6. The van der Waals surface area contributed by atoms with Crippen molar-refractivity contribution in [2.45, 2.75) is 13.0 Å². The zero-order chi connectivity index (χ0) is 17.5. The molecule has 0 radical (unpaired) electrons. The number of benzene rings is 2. The van der Waals surface area contributed by atoms with Crippen LogP contribution in [0, 0.1) is 0 Å². The summed E-state index contributed by atoms with van der Waals surface area (Å²) < 4.78 is 21.7.